The first-order chi connectivity index (χ1) is 8.19. The molecule has 2 rings (SSSR count). The summed E-state index contributed by atoms with van der Waals surface area (Å²) in [5.41, 5.74) is 3.42. The number of nitrogens with zero attached hydrogens (tertiary/aromatic N) is 2. The van der Waals surface area contributed by atoms with E-state index in [9.17, 15) is 0 Å². The minimum atomic E-state index is 0.835. The van der Waals surface area contributed by atoms with Gasteiger partial charge in [-0.25, -0.2) is 0 Å². The predicted octanol–water partition coefficient (Wildman–Crippen LogP) is 3.06. The Morgan fingerprint density at radius 1 is 1.29 bits per heavy atom. The first-order valence-corrected chi connectivity index (χ1v) is 6.78. The van der Waals surface area contributed by atoms with E-state index >= 15 is 0 Å². The van der Waals surface area contributed by atoms with Crippen molar-refractivity contribution in [3.05, 3.63) is 41.7 Å². The molecule has 3 nitrogen and oxygen atoms in total. The lowest BCUT2D eigenvalue weighted by atomic mass is 10.2. The Morgan fingerprint density at radius 2 is 2.00 bits per heavy atom. The smallest absolute Gasteiger partial charge is 0.0825 e. The molecule has 0 fully saturated rings. The Bertz CT molecular complexity index is 488. The molecule has 0 aliphatic rings. The molecule has 90 valence electrons. The summed E-state index contributed by atoms with van der Waals surface area (Å²) >= 11 is 1.76. The van der Waals surface area contributed by atoms with Gasteiger partial charge in [-0.05, 0) is 30.9 Å². The molecule has 0 saturated heterocycles. The van der Waals surface area contributed by atoms with Crippen molar-refractivity contribution < 1.29 is 0 Å². The van der Waals surface area contributed by atoms with Crippen LogP contribution in [-0.2, 0) is 13.6 Å². The van der Waals surface area contributed by atoms with Gasteiger partial charge in [-0.1, -0.05) is 12.1 Å². The third-order valence-corrected chi connectivity index (χ3v) is 3.40. The fourth-order valence-corrected chi connectivity index (χ4v) is 2.12. The number of thioether (sulfide) groups is 1. The fourth-order valence-electron chi connectivity index (χ4n) is 1.71. The van der Waals surface area contributed by atoms with E-state index in [1.807, 2.05) is 24.9 Å². The third kappa shape index (κ3) is 3.03. The largest absolute Gasteiger partial charge is 0.378 e. The molecule has 1 heterocycles. The predicted molar refractivity (Wildman–Crippen MR) is 73.5 cm³/mol. The van der Waals surface area contributed by atoms with Gasteiger partial charge >= 0.3 is 0 Å². The first-order valence-electron chi connectivity index (χ1n) is 5.56. The van der Waals surface area contributed by atoms with Crippen LogP contribution in [0.2, 0.25) is 0 Å². The molecule has 4 heteroatoms. The van der Waals surface area contributed by atoms with E-state index in [0.29, 0.717) is 0 Å². The van der Waals surface area contributed by atoms with Gasteiger partial charge in [-0.15, -0.1) is 11.8 Å². The van der Waals surface area contributed by atoms with Gasteiger partial charge < -0.3 is 5.32 Å². The van der Waals surface area contributed by atoms with E-state index in [0.717, 1.165) is 17.9 Å². The Labute approximate surface area is 106 Å². The topological polar surface area (TPSA) is 29.9 Å². The van der Waals surface area contributed by atoms with Gasteiger partial charge in [0.25, 0.3) is 0 Å². The summed E-state index contributed by atoms with van der Waals surface area (Å²) in [6, 6.07) is 8.62. The summed E-state index contributed by atoms with van der Waals surface area (Å²) in [5, 5.41) is 7.70. The zero-order chi connectivity index (χ0) is 12.3. The van der Waals surface area contributed by atoms with Crippen molar-refractivity contribution >= 4 is 17.4 Å². The van der Waals surface area contributed by atoms with E-state index in [1.54, 1.807) is 11.8 Å². The number of benzene rings is 1. The maximum absolute atomic E-state index is 4.30. The molecule has 2 aromatic rings. The maximum atomic E-state index is 4.30. The Kier molecular flexibility index (Phi) is 3.74. The molecule has 0 bridgehead atoms. The van der Waals surface area contributed by atoms with Crippen LogP contribution in [0.5, 0.6) is 0 Å². The van der Waals surface area contributed by atoms with Crippen LogP contribution in [-0.4, -0.2) is 16.0 Å². The van der Waals surface area contributed by atoms with Crippen molar-refractivity contribution in [2.75, 3.05) is 11.6 Å². The molecular formula is C13H17N3S. The molecule has 0 amide bonds. The van der Waals surface area contributed by atoms with Crippen LogP contribution in [0.4, 0.5) is 5.69 Å². The molecule has 0 unspecified atom stereocenters. The Hall–Kier alpha value is -1.42. The SMILES string of the molecule is CSc1ccc(CNc2cn(C)nc2C)cc1. The number of anilines is 1. The maximum Gasteiger partial charge on any atom is 0.0825 e. The third-order valence-electron chi connectivity index (χ3n) is 2.66. The molecule has 0 atom stereocenters. The average Bonchev–Trinajstić information content (AvgIpc) is 2.66. The Morgan fingerprint density at radius 3 is 2.53 bits per heavy atom. The van der Waals surface area contributed by atoms with Crippen molar-refractivity contribution in [2.45, 2.75) is 18.4 Å². The standard InChI is InChI=1S/C13H17N3S/c1-10-13(9-16(2)15-10)14-8-11-4-6-12(17-3)7-5-11/h4-7,9,14H,8H2,1-3H3. The van der Waals surface area contributed by atoms with Crippen LogP contribution >= 0.6 is 11.8 Å². The molecule has 0 aliphatic carbocycles. The summed E-state index contributed by atoms with van der Waals surface area (Å²) < 4.78 is 1.83. The fraction of sp³-hybridized carbons (Fsp3) is 0.308. The minimum absolute atomic E-state index is 0.835. The van der Waals surface area contributed by atoms with Gasteiger partial charge in [0.05, 0.1) is 11.4 Å². The molecule has 0 spiro atoms. The van der Waals surface area contributed by atoms with E-state index in [-0.39, 0.29) is 0 Å². The number of aryl methyl sites for hydroxylation is 2. The zero-order valence-electron chi connectivity index (χ0n) is 10.4. The second-order valence-electron chi connectivity index (χ2n) is 4.00. The van der Waals surface area contributed by atoms with Crippen LogP contribution in [0.15, 0.2) is 35.4 Å². The van der Waals surface area contributed by atoms with Crippen LogP contribution in [0.3, 0.4) is 0 Å². The van der Waals surface area contributed by atoms with E-state index in [1.165, 1.54) is 10.5 Å². The van der Waals surface area contributed by atoms with Gasteiger partial charge in [0.1, 0.15) is 0 Å². The lowest BCUT2D eigenvalue weighted by Gasteiger charge is -2.05. The minimum Gasteiger partial charge on any atom is -0.378 e. The van der Waals surface area contributed by atoms with Crippen LogP contribution < -0.4 is 5.32 Å². The summed E-state index contributed by atoms with van der Waals surface area (Å²) in [5.74, 6) is 0. The van der Waals surface area contributed by atoms with Crippen molar-refractivity contribution in [3.8, 4) is 0 Å². The van der Waals surface area contributed by atoms with E-state index < -0.39 is 0 Å². The van der Waals surface area contributed by atoms with Gasteiger partial charge in [0, 0.05) is 24.7 Å². The van der Waals surface area contributed by atoms with Crippen molar-refractivity contribution in [3.63, 3.8) is 0 Å². The summed E-state index contributed by atoms with van der Waals surface area (Å²) in [6.07, 6.45) is 4.10. The summed E-state index contributed by atoms with van der Waals surface area (Å²) in [6.45, 7) is 2.85. The number of aromatic nitrogens is 2. The van der Waals surface area contributed by atoms with E-state index in [4.69, 9.17) is 0 Å². The normalized spacial score (nSPS) is 10.5. The van der Waals surface area contributed by atoms with Crippen LogP contribution in [0.1, 0.15) is 11.3 Å². The highest BCUT2D eigenvalue weighted by Crippen LogP contribution is 2.17. The monoisotopic (exact) mass is 247 g/mol. The number of rotatable bonds is 4. The molecule has 1 aromatic heterocycles. The molecule has 0 saturated carbocycles. The summed E-state index contributed by atoms with van der Waals surface area (Å²) in [4.78, 5) is 1.30. The molecule has 1 N–H and O–H groups in total. The van der Waals surface area contributed by atoms with Crippen LogP contribution in [0.25, 0.3) is 0 Å². The lowest BCUT2D eigenvalue weighted by molar-refractivity contribution is 0.756. The first kappa shape index (κ1) is 12.0. The van der Waals surface area contributed by atoms with Gasteiger partial charge in [0.2, 0.25) is 0 Å². The molecule has 17 heavy (non-hydrogen) atoms. The molecule has 1 aromatic carbocycles. The number of nitrogens with one attached hydrogen (secondary N) is 1. The number of hydrogen-bond acceptors (Lipinski definition) is 3. The van der Waals surface area contributed by atoms with Gasteiger partial charge in [-0.2, -0.15) is 5.10 Å². The quantitative estimate of drug-likeness (QED) is 0.842. The molecular weight excluding hydrogens is 230 g/mol. The Balaban J connectivity index is 1.99. The lowest BCUT2D eigenvalue weighted by Crippen LogP contribution is -1.99. The van der Waals surface area contributed by atoms with Gasteiger partial charge in [-0.3, -0.25) is 4.68 Å². The highest BCUT2D eigenvalue weighted by atomic mass is 32.2. The number of hydrogen-bond donors (Lipinski definition) is 1. The van der Waals surface area contributed by atoms with E-state index in [2.05, 4.69) is 40.9 Å². The zero-order valence-corrected chi connectivity index (χ0v) is 11.2. The highest BCUT2D eigenvalue weighted by molar-refractivity contribution is 7.98. The average molecular weight is 247 g/mol. The molecule has 0 radical (unpaired) electrons. The second kappa shape index (κ2) is 5.27. The second-order valence-corrected chi connectivity index (χ2v) is 4.88. The summed E-state index contributed by atoms with van der Waals surface area (Å²) in [7, 11) is 1.94. The highest BCUT2D eigenvalue weighted by Gasteiger charge is 2.02. The van der Waals surface area contributed by atoms with Crippen molar-refractivity contribution in [1.82, 2.24) is 9.78 Å². The van der Waals surface area contributed by atoms with Crippen LogP contribution in [0, 0.1) is 6.92 Å². The van der Waals surface area contributed by atoms with Crippen molar-refractivity contribution in [2.24, 2.45) is 7.05 Å². The van der Waals surface area contributed by atoms with Gasteiger partial charge in [0.15, 0.2) is 0 Å². The van der Waals surface area contributed by atoms with Crippen molar-refractivity contribution in [1.29, 1.82) is 0 Å². The molecule has 0 aliphatic heterocycles.